The number of sulfonamides is 1. The molecule has 0 bridgehead atoms. The average molecular weight is 273 g/mol. The van der Waals surface area contributed by atoms with Crippen molar-refractivity contribution < 1.29 is 13.5 Å². The van der Waals surface area contributed by atoms with Crippen molar-refractivity contribution in [1.82, 2.24) is 0 Å². The molecule has 102 valence electrons. The molecule has 0 atom stereocenters. The van der Waals surface area contributed by atoms with Gasteiger partial charge >= 0.3 is 0 Å². The predicted molar refractivity (Wildman–Crippen MR) is 71.8 cm³/mol. The summed E-state index contributed by atoms with van der Waals surface area (Å²) in [5.74, 6) is 0. The van der Waals surface area contributed by atoms with Gasteiger partial charge in [0.25, 0.3) is 0 Å². The summed E-state index contributed by atoms with van der Waals surface area (Å²) >= 11 is 0. The minimum atomic E-state index is -3.74. The Morgan fingerprint density at radius 2 is 2.00 bits per heavy atom. The number of hydrogen-bond donors (Lipinski definition) is 3. The van der Waals surface area contributed by atoms with Crippen molar-refractivity contribution in [2.75, 3.05) is 30.3 Å². The number of benzene rings is 1. The Kier molecular flexibility index (Phi) is 4.94. The summed E-state index contributed by atoms with van der Waals surface area (Å²) in [5, 5.41) is 14.0. The molecular formula is C11H19N3O3S. The molecule has 1 aromatic rings. The summed E-state index contributed by atoms with van der Waals surface area (Å²) in [6, 6.07) is 4.37. The van der Waals surface area contributed by atoms with Gasteiger partial charge in [-0.15, -0.1) is 0 Å². The Hall–Kier alpha value is -1.31. The van der Waals surface area contributed by atoms with Crippen molar-refractivity contribution in [3.05, 3.63) is 18.2 Å². The van der Waals surface area contributed by atoms with Crippen molar-refractivity contribution >= 4 is 21.4 Å². The number of nitrogens with two attached hydrogens (primary N) is 2. The summed E-state index contributed by atoms with van der Waals surface area (Å²) in [7, 11) is -3.74. The number of rotatable bonds is 6. The van der Waals surface area contributed by atoms with E-state index in [9.17, 15) is 8.42 Å². The van der Waals surface area contributed by atoms with Crippen molar-refractivity contribution in [2.24, 2.45) is 5.14 Å². The number of aliphatic hydroxyl groups excluding tert-OH is 1. The van der Waals surface area contributed by atoms with Gasteiger partial charge in [0.15, 0.2) is 0 Å². The van der Waals surface area contributed by atoms with E-state index in [1.165, 1.54) is 12.1 Å². The second kappa shape index (κ2) is 6.03. The smallest absolute Gasteiger partial charge is 0.238 e. The molecule has 0 fully saturated rings. The molecule has 0 aromatic heterocycles. The number of nitrogen functional groups attached to an aromatic ring is 1. The van der Waals surface area contributed by atoms with Crippen LogP contribution in [0.4, 0.5) is 11.4 Å². The third-order valence-electron chi connectivity index (χ3n) is 2.53. The minimum Gasteiger partial charge on any atom is -0.397 e. The van der Waals surface area contributed by atoms with Crippen LogP contribution in [0.5, 0.6) is 0 Å². The van der Waals surface area contributed by atoms with Gasteiger partial charge in [-0.3, -0.25) is 0 Å². The topological polar surface area (TPSA) is 110 Å². The molecule has 0 spiro atoms. The third-order valence-corrected chi connectivity index (χ3v) is 3.44. The Labute approximate surface area is 107 Å². The van der Waals surface area contributed by atoms with Crippen LogP contribution in [0.25, 0.3) is 0 Å². The zero-order valence-electron chi connectivity index (χ0n) is 10.3. The van der Waals surface area contributed by atoms with E-state index in [0.29, 0.717) is 17.9 Å². The van der Waals surface area contributed by atoms with Gasteiger partial charge in [-0.1, -0.05) is 6.92 Å². The van der Waals surface area contributed by atoms with Gasteiger partial charge in [0, 0.05) is 13.1 Å². The SMILES string of the molecule is CCCN(CCO)c1ccc(S(N)(=O)=O)cc1N. The van der Waals surface area contributed by atoms with Gasteiger partial charge in [-0.25, -0.2) is 13.6 Å². The lowest BCUT2D eigenvalue weighted by Crippen LogP contribution is -2.28. The van der Waals surface area contributed by atoms with Gasteiger partial charge in [-0.2, -0.15) is 0 Å². The first kappa shape index (κ1) is 14.7. The molecule has 6 nitrogen and oxygen atoms in total. The lowest BCUT2D eigenvalue weighted by molar-refractivity contribution is 0.302. The van der Waals surface area contributed by atoms with Crippen LogP contribution in [-0.2, 0) is 10.0 Å². The fourth-order valence-corrected chi connectivity index (χ4v) is 2.29. The lowest BCUT2D eigenvalue weighted by atomic mass is 10.2. The lowest BCUT2D eigenvalue weighted by Gasteiger charge is -2.25. The maximum atomic E-state index is 11.2. The van der Waals surface area contributed by atoms with Gasteiger partial charge in [0.05, 0.1) is 22.9 Å². The molecule has 18 heavy (non-hydrogen) atoms. The molecule has 0 unspecified atom stereocenters. The monoisotopic (exact) mass is 273 g/mol. The molecule has 0 amide bonds. The highest BCUT2D eigenvalue weighted by Crippen LogP contribution is 2.25. The first-order valence-electron chi connectivity index (χ1n) is 5.68. The van der Waals surface area contributed by atoms with Crippen LogP contribution in [0, 0.1) is 0 Å². The molecule has 1 aromatic carbocycles. The van der Waals surface area contributed by atoms with Crippen LogP contribution in [0.2, 0.25) is 0 Å². The summed E-state index contributed by atoms with van der Waals surface area (Å²) in [4.78, 5) is 1.90. The van der Waals surface area contributed by atoms with Crippen LogP contribution < -0.4 is 15.8 Å². The quantitative estimate of drug-likeness (QED) is 0.638. The van der Waals surface area contributed by atoms with Gasteiger partial charge in [-0.05, 0) is 24.6 Å². The highest BCUT2D eigenvalue weighted by atomic mass is 32.2. The second-order valence-electron chi connectivity index (χ2n) is 3.98. The van der Waals surface area contributed by atoms with Crippen LogP contribution >= 0.6 is 0 Å². The largest absolute Gasteiger partial charge is 0.397 e. The van der Waals surface area contributed by atoms with E-state index in [-0.39, 0.29) is 11.5 Å². The fourth-order valence-electron chi connectivity index (χ4n) is 1.74. The fraction of sp³-hybridized carbons (Fsp3) is 0.455. The van der Waals surface area contributed by atoms with Gasteiger partial charge in [0.2, 0.25) is 10.0 Å². The number of nitrogens with zero attached hydrogens (tertiary/aromatic N) is 1. The molecule has 0 heterocycles. The maximum Gasteiger partial charge on any atom is 0.238 e. The number of primary sulfonamides is 1. The van der Waals surface area contributed by atoms with Crippen LogP contribution in [0.3, 0.4) is 0 Å². The van der Waals surface area contributed by atoms with Crippen LogP contribution in [0.1, 0.15) is 13.3 Å². The molecule has 0 aliphatic carbocycles. The highest BCUT2D eigenvalue weighted by Gasteiger charge is 2.13. The van der Waals surface area contributed by atoms with E-state index in [2.05, 4.69) is 0 Å². The normalized spacial score (nSPS) is 11.5. The molecule has 0 saturated heterocycles. The van der Waals surface area contributed by atoms with Gasteiger partial charge in [0.1, 0.15) is 0 Å². The molecule has 1 rings (SSSR count). The van der Waals surface area contributed by atoms with Crippen molar-refractivity contribution in [1.29, 1.82) is 0 Å². The average Bonchev–Trinajstić information content (AvgIpc) is 2.27. The van der Waals surface area contributed by atoms with Crippen molar-refractivity contribution in [3.63, 3.8) is 0 Å². The van der Waals surface area contributed by atoms with Crippen LogP contribution in [-0.4, -0.2) is 33.2 Å². The Morgan fingerprint density at radius 1 is 1.33 bits per heavy atom. The van der Waals surface area contributed by atoms with E-state index < -0.39 is 10.0 Å². The molecule has 0 saturated carbocycles. The van der Waals surface area contributed by atoms with Crippen LogP contribution in [0.15, 0.2) is 23.1 Å². The molecule has 0 aliphatic rings. The third kappa shape index (κ3) is 3.59. The van der Waals surface area contributed by atoms with E-state index in [0.717, 1.165) is 13.0 Å². The number of aliphatic hydroxyl groups is 1. The first-order chi connectivity index (χ1) is 8.40. The van der Waals surface area contributed by atoms with E-state index in [4.69, 9.17) is 16.0 Å². The predicted octanol–water partition coefficient (Wildman–Crippen LogP) is 0.125. The van der Waals surface area contributed by atoms with E-state index in [1.54, 1.807) is 6.07 Å². The van der Waals surface area contributed by atoms with E-state index in [1.807, 2.05) is 11.8 Å². The van der Waals surface area contributed by atoms with Crippen molar-refractivity contribution in [3.8, 4) is 0 Å². The zero-order chi connectivity index (χ0) is 13.8. The highest BCUT2D eigenvalue weighted by molar-refractivity contribution is 7.89. The Morgan fingerprint density at radius 3 is 2.44 bits per heavy atom. The molecule has 7 heteroatoms. The van der Waals surface area contributed by atoms with E-state index >= 15 is 0 Å². The van der Waals surface area contributed by atoms with Gasteiger partial charge < -0.3 is 15.7 Å². The summed E-state index contributed by atoms with van der Waals surface area (Å²) in [6.45, 7) is 3.21. The summed E-state index contributed by atoms with van der Waals surface area (Å²) < 4.78 is 22.4. The Bertz CT molecular complexity index is 496. The molecule has 5 N–H and O–H groups in total. The maximum absolute atomic E-state index is 11.2. The minimum absolute atomic E-state index is 0.0100. The summed E-state index contributed by atoms with van der Waals surface area (Å²) in [5.41, 5.74) is 6.88. The second-order valence-corrected chi connectivity index (χ2v) is 5.54. The molecule has 0 aliphatic heterocycles. The number of anilines is 2. The standard InChI is InChI=1S/C11H19N3O3S/c1-2-5-14(6-7-15)11-4-3-9(8-10(11)12)18(13,16)17/h3-4,8,15H,2,5-7,12H2,1H3,(H2,13,16,17). The Balaban J connectivity index is 3.10. The van der Waals surface area contributed by atoms with Crippen molar-refractivity contribution in [2.45, 2.75) is 18.2 Å². The molecule has 0 radical (unpaired) electrons. The number of hydrogen-bond acceptors (Lipinski definition) is 5. The first-order valence-corrected chi connectivity index (χ1v) is 7.23. The summed E-state index contributed by atoms with van der Waals surface area (Å²) in [6.07, 6.45) is 0.899. The zero-order valence-corrected chi connectivity index (χ0v) is 11.2. The molecular weight excluding hydrogens is 254 g/mol.